The van der Waals surface area contributed by atoms with Crippen molar-refractivity contribution in [2.45, 2.75) is 38.3 Å². The smallest absolute Gasteiger partial charge is 0.315 e. The van der Waals surface area contributed by atoms with Crippen LogP contribution in [0.2, 0.25) is 0 Å². The van der Waals surface area contributed by atoms with Gasteiger partial charge >= 0.3 is 6.03 Å². The van der Waals surface area contributed by atoms with Crippen LogP contribution >= 0.6 is 0 Å². The van der Waals surface area contributed by atoms with Crippen LogP contribution in [0, 0.1) is 0 Å². The van der Waals surface area contributed by atoms with E-state index in [1.807, 2.05) is 36.6 Å². The number of aromatic nitrogens is 4. The first-order chi connectivity index (χ1) is 12.2. The Balaban J connectivity index is 1.33. The second-order valence-corrected chi connectivity index (χ2v) is 6.57. The fourth-order valence-corrected chi connectivity index (χ4v) is 3.18. The molecular weight excluding hydrogens is 318 g/mol. The topological polar surface area (TPSA) is 80.0 Å². The zero-order chi connectivity index (χ0) is 17.5. The quantitative estimate of drug-likeness (QED) is 0.743. The molecule has 136 valence electrons. The number of nitrogens with zero attached hydrogens (tertiary/aromatic N) is 5. The number of carbonyl (C=O) groups is 1. The highest BCUT2D eigenvalue weighted by Crippen LogP contribution is 2.18. The van der Waals surface area contributed by atoms with Gasteiger partial charge in [-0.3, -0.25) is 4.68 Å². The maximum Gasteiger partial charge on any atom is 0.315 e. The molecule has 1 atom stereocenters. The number of unbranched alkanes of at least 4 members (excludes halogenated alkanes) is 1. The molecule has 25 heavy (non-hydrogen) atoms. The summed E-state index contributed by atoms with van der Waals surface area (Å²) >= 11 is 0. The Kier molecular flexibility index (Phi) is 5.92. The molecular formula is C17H27N7O. The minimum absolute atomic E-state index is 0.0688. The van der Waals surface area contributed by atoms with Gasteiger partial charge in [0, 0.05) is 57.9 Å². The van der Waals surface area contributed by atoms with Gasteiger partial charge < -0.3 is 20.1 Å². The standard InChI is InChI=1S/C17H27N7O/c1-22-13-16(11-20-22)24-9-4-5-15(12-24)21-17(25)19-6-2-3-8-23-10-7-18-14-23/h7,10-11,13-15H,2-6,8-9,12H2,1H3,(H2,19,21,25). The van der Waals surface area contributed by atoms with E-state index in [4.69, 9.17) is 0 Å². The van der Waals surface area contributed by atoms with Crippen LogP contribution in [0.3, 0.4) is 0 Å². The Morgan fingerprint density at radius 2 is 2.32 bits per heavy atom. The lowest BCUT2D eigenvalue weighted by atomic mass is 10.1. The fourth-order valence-electron chi connectivity index (χ4n) is 3.18. The van der Waals surface area contributed by atoms with Crippen molar-refractivity contribution >= 4 is 11.7 Å². The molecule has 0 spiro atoms. The van der Waals surface area contributed by atoms with Crippen LogP contribution in [-0.4, -0.2) is 51.0 Å². The van der Waals surface area contributed by atoms with Crippen LogP contribution in [0.15, 0.2) is 31.1 Å². The van der Waals surface area contributed by atoms with E-state index >= 15 is 0 Å². The normalized spacial score (nSPS) is 17.5. The van der Waals surface area contributed by atoms with Gasteiger partial charge in [0.25, 0.3) is 0 Å². The van der Waals surface area contributed by atoms with E-state index in [2.05, 4.69) is 30.2 Å². The third-order valence-corrected chi connectivity index (χ3v) is 4.50. The number of imidazole rings is 1. The first kappa shape index (κ1) is 17.3. The predicted octanol–water partition coefficient (Wildman–Crippen LogP) is 1.36. The molecule has 2 amide bonds. The fraction of sp³-hybridized carbons (Fsp3) is 0.588. The average molecular weight is 345 g/mol. The Labute approximate surface area is 148 Å². The molecule has 3 rings (SSSR count). The third-order valence-electron chi connectivity index (χ3n) is 4.50. The van der Waals surface area contributed by atoms with Crippen LogP contribution in [0.1, 0.15) is 25.7 Å². The largest absolute Gasteiger partial charge is 0.367 e. The predicted molar refractivity (Wildman–Crippen MR) is 96.4 cm³/mol. The molecule has 0 saturated carbocycles. The molecule has 0 aliphatic carbocycles. The summed E-state index contributed by atoms with van der Waals surface area (Å²) in [5.41, 5.74) is 1.12. The molecule has 1 aliphatic heterocycles. The summed E-state index contributed by atoms with van der Waals surface area (Å²) in [5.74, 6) is 0. The summed E-state index contributed by atoms with van der Waals surface area (Å²) in [6, 6.07) is 0.112. The summed E-state index contributed by atoms with van der Waals surface area (Å²) < 4.78 is 3.86. The van der Waals surface area contributed by atoms with Crippen LogP contribution in [0.5, 0.6) is 0 Å². The number of amides is 2. The average Bonchev–Trinajstić information content (AvgIpc) is 3.26. The lowest BCUT2D eigenvalue weighted by molar-refractivity contribution is 0.235. The van der Waals surface area contributed by atoms with E-state index in [1.54, 1.807) is 6.20 Å². The van der Waals surface area contributed by atoms with E-state index < -0.39 is 0 Å². The molecule has 1 saturated heterocycles. The molecule has 1 aliphatic rings. The van der Waals surface area contributed by atoms with Gasteiger partial charge in [-0.2, -0.15) is 5.10 Å². The minimum atomic E-state index is -0.0688. The van der Waals surface area contributed by atoms with Crippen molar-refractivity contribution in [3.05, 3.63) is 31.1 Å². The molecule has 1 unspecified atom stereocenters. The Bertz CT molecular complexity index is 652. The van der Waals surface area contributed by atoms with Crippen molar-refractivity contribution in [3.8, 4) is 0 Å². The number of carbonyl (C=O) groups excluding carboxylic acids is 1. The zero-order valence-electron chi connectivity index (χ0n) is 14.8. The highest BCUT2D eigenvalue weighted by molar-refractivity contribution is 5.74. The Morgan fingerprint density at radius 1 is 1.40 bits per heavy atom. The number of aryl methyl sites for hydroxylation is 2. The highest BCUT2D eigenvalue weighted by atomic mass is 16.2. The summed E-state index contributed by atoms with van der Waals surface area (Å²) in [4.78, 5) is 18.4. The molecule has 1 fully saturated rings. The van der Waals surface area contributed by atoms with Crippen molar-refractivity contribution in [2.24, 2.45) is 7.05 Å². The summed E-state index contributed by atoms with van der Waals surface area (Å²) in [7, 11) is 1.92. The van der Waals surface area contributed by atoms with Gasteiger partial charge in [0.15, 0.2) is 0 Å². The molecule has 8 nitrogen and oxygen atoms in total. The molecule has 0 radical (unpaired) electrons. The molecule has 2 aromatic heterocycles. The Hall–Kier alpha value is -2.51. The van der Waals surface area contributed by atoms with Crippen molar-refractivity contribution in [1.82, 2.24) is 30.0 Å². The number of urea groups is 1. The van der Waals surface area contributed by atoms with Crippen molar-refractivity contribution in [1.29, 1.82) is 0 Å². The zero-order valence-corrected chi connectivity index (χ0v) is 14.8. The second kappa shape index (κ2) is 8.55. The number of rotatable bonds is 7. The highest BCUT2D eigenvalue weighted by Gasteiger charge is 2.22. The molecule has 0 bridgehead atoms. The lowest BCUT2D eigenvalue weighted by Crippen LogP contribution is -2.50. The molecule has 3 heterocycles. The number of hydrogen-bond donors (Lipinski definition) is 2. The van der Waals surface area contributed by atoms with E-state index in [-0.39, 0.29) is 12.1 Å². The number of nitrogens with one attached hydrogen (secondary N) is 2. The van der Waals surface area contributed by atoms with E-state index in [0.29, 0.717) is 6.54 Å². The van der Waals surface area contributed by atoms with Gasteiger partial charge in [-0.05, 0) is 25.7 Å². The molecule has 0 aromatic carbocycles. The van der Waals surface area contributed by atoms with Crippen molar-refractivity contribution in [3.63, 3.8) is 0 Å². The summed E-state index contributed by atoms with van der Waals surface area (Å²) in [5, 5.41) is 10.3. The van der Waals surface area contributed by atoms with Crippen molar-refractivity contribution in [2.75, 3.05) is 24.5 Å². The van der Waals surface area contributed by atoms with E-state index in [9.17, 15) is 4.79 Å². The number of piperidine rings is 1. The van der Waals surface area contributed by atoms with Gasteiger partial charge in [0.1, 0.15) is 0 Å². The lowest BCUT2D eigenvalue weighted by Gasteiger charge is -2.33. The van der Waals surface area contributed by atoms with E-state index in [1.165, 1.54) is 0 Å². The van der Waals surface area contributed by atoms with Crippen LogP contribution in [0.4, 0.5) is 10.5 Å². The van der Waals surface area contributed by atoms with Crippen molar-refractivity contribution < 1.29 is 4.79 Å². The maximum absolute atomic E-state index is 12.1. The Morgan fingerprint density at radius 3 is 3.08 bits per heavy atom. The number of hydrogen-bond acceptors (Lipinski definition) is 4. The van der Waals surface area contributed by atoms with Gasteiger partial charge in [-0.1, -0.05) is 0 Å². The summed E-state index contributed by atoms with van der Waals surface area (Å²) in [6.45, 7) is 3.48. The first-order valence-corrected chi connectivity index (χ1v) is 8.94. The maximum atomic E-state index is 12.1. The number of anilines is 1. The van der Waals surface area contributed by atoms with Gasteiger partial charge in [0.2, 0.25) is 0 Å². The van der Waals surface area contributed by atoms with Crippen LogP contribution < -0.4 is 15.5 Å². The minimum Gasteiger partial charge on any atom is -0.367 e. The van der Waals surface area contributed by atoms with Crippen LogP contribution in [-0.2, 0) is 13.6 Å². The third kappa shape index (κ3) is 5.23. The van der Waals surface area contributed by atoms with Crippen LogP contribution in [0.25, 0.3) is 0 Å². The monoisotopic (exact) mass is 345 g/mol. The van der Waals surface area contributed by atoms with Gasteiger partial charge in [-0.25, -0.2) is 9.78 Å². The second-order valence-electron chi connectivity index (χ2n) is 6.57. The van der Waals surface area contributed by atoms with E-state index in [0.717, 1.165) is 51.0 Å². The first-order valence-electron chi connectivity index (χ1n) is 8.94. The molecule has 8 heteroatoms. The SMILES string of the molecule is Cn1cc(N2CCCC(NC(=O)NCCCCn3ccnc3)C2)cn1. The molecule has 2 aromatic rings. The van der Waals surface area contributed by atoms with Gasteiger partial charge in [-0.15, -0.1) is 0 Å². The molecule has 2 N–H and O–H groups in total. The van der Waals surface area contributed by atoms with Gasteiger partial charge in [0.05, 0.1) is 18.2 Å². The summed E-state index contributed by atoms with van der Waals surface area (Å²) in [6.07, 6.45) is 13.5.